The van der Waals surface area contributed by atoms with Gasteiger partial charge >= 0.3 is 0 Å². The third kappa shape index (κ3) is 4.52. The SMILES string of the molecule is C=C(C)COc1ccccc1NC(=O)[C@@H](C)c1ccc2cc(OC)ccc2c1. The third-order valence-corrected chi connectivity index (χ3v) is 4.58. The lowest BCUT2D eigenvalue weighted by Crippen LogP contribution is -2.19. The van der Waals surface area contributed by atoms with Crippen LogP contribution < -0.4 is 14.8 Å². The number of carbonyl (C=O) groups is 1. The van der Waals surface area contributed by atoms with E-state index in [2.05, 4.69) is 11.9 Å². The van der Waals surface area contributed by atoms with Crippen molar-refractivity contribution in [3.8, 4) is 11.5 Å². The largest absolute Gasteiger partial charge is 0.497 e. The summed E-state index contributed by atoms with van der Waals surface area (Å²) >= 11 is 0. The second-order valence-electron chi connectivity index (χ2n) is 6.93. The Morgan fingerprint density at radius 3 is 2.54 bits per heavy atom. The molecule has 1 atom stereocenters. The molecule has 3 aromatic carbocycles. The number of ether oxygens (including phenoxy) is 2. The lowest BCUT2D eigenvalue weighted by atomic mass is 9.97. The highest BCUT2D eigenvalue weighted by atomic mass is 16.5. The number of benzene rings is 3. The predicted octanol–water partition coefficient (Wildman–Crippen LogP) is 5.55. The lowest BCUT2D eigenvalue weighted by Gasteiger charge is -2.16. The van der Waals surface area contributed by atoms with Gasteiger partial charge in [0.15, 0.2) is 0 Å². The van der Waals surface area contributed by atoms with Crippen LogP contribution in [0.5, 0.6) is 11.5 Å². The van der Waals surface area contributed by atoms with Crippen molar-refractivity contribution in [3.63, 3.8) is 0 Å². The molecule has 28 heavy (non-hydrogen) atoms. The van der Waals surface area contributed by atoms with Crippen molar-refractivity contribution in [2.75, 3.05) is 19.0 Å². The van der Waals surface area contributed by atoms with Crippen LogP contribution in [0.4, 0.5) is 5.69 Å². The Morgan fingerprint density at radius 2 is 1.79 bits per heavy atom. The second-order valence-corrected chi connectivity index (χ2v) is 6.93. The maximum absolute atomic E-state index is 12.8. The Labute approximate surface area is 165 Å². The van der Waals surface area contributed by atoms with Crippen molar-refractivity contribution >= 4 is 22.4 Å². The van der Waals surface area contributed by atoms with Crippen molar-refractivity contribution in [2.24, 2.45) is 0 Å². The Bertz CT molecular complexity index is 1010. The summed E-state index contributed by atoms with van der Waals surface area (Å²) in [5, 5.41) is 5.14. The van der Waals surface area contributed by atoms with Crippen molar-refractivity contribution in [1.29, 1.82) is 0 Å². The molecule has 1 N–H and O–H groups in total. The Hall–Kier alpha value is -3.27. The first kappa shape index (κ1) is 19.5. The van der Waals surface area contributed by atoms with Crippen LogP contribution in [-0.2, 0) is 4.79 Å². The summed E-state index contributed by atoms with van der Waals surface area (Å²) in [5.74, 6) is 1.06. The van der Waals surface area contributed by atoms with Gasteiger partial charge in [-0.2, -0.15) is 0 Å². The minimum atomic E-state index is -0.305. The molecule has 0 aliphatic carbocycles. The fourth-order valence-electron chi connectivity index (χ4n) is 2.93. The Kier molecular flexibility index (Phi) is 5.99. The van der Waals surface area contributed by atoms with Gasteiger partial charge in [-0.05, 0) is 60.0 Å². The minimum absolute atomic E-state index is 0.0840. The molecule has 0 bridgehead atoms. The summed E-state index contributed by atoms with van der Waals surface area (Å²) in [6.45, 7) is 8.06. The second kappa shape index (κ2) is 8.61. The van der Waals surface area contributed by atoms with Gasteiger partial charge in [0.25, 0.3) is 0 Å². The summed E-state index contributed by atoms with van der Waals surface area (Å²) in [6.07, 6.45) is 0. The number of para-hydroxylation sites is 2. The molecular weight excluding hydrogens is 350 g/mol. The number of carbonyl (C=O) groups excluding carboxylic acids is 1. The topological polar surface area (TPSA) is 47.6 Å². The van der Waals surface area contributed by atoms with Crippen molar-refractivity contribution in [3.05, 3.63) is 78.4 Å². The summed E-state index contributed by atoms with van der Waals surface area (Å²) in [4.78, 5) is 12.8. The molecule has 4 nitrogen and oxygen atoms in total. The first-order valence-corrected chi connectivity index (χ1v) is 9.22. The minimum Gasteiger partial charge on any atom is -0.497 e. The highest BCUT2D eigenvalue weighted by Crippen LogP contribution is 2.28. The number of nitrogens with one attached hydrogen (secondary N) is 1. The summed E-state index contributed by atoms with van der Waals surface area (Å²) in [5.41, 5.74) is 2.53. The summed E-state index contributed by atoms with van der Waals surface area (Å²) in [7, 11) is 1.65. The third-order valence-electron chi connectivity index (χ3n) is 4.58. The molecule has 1 amide bonds. The molecule has 0 saturated carbocycles. The van der Waals surface area contributed by atoms with E-state index in [1.54, 1.807) is 7.11 Å². The quantitative estimate of drug-likeness (QED) is 0.551. The monoisotopic (exact) mass is 375 g/mol. The van der Waals surface area contributed by atoms with E-state index in [1.165, 1.54) is 0 Å². The number of rotatable bonds is 7. The average Bonchev–Trinajstić information content (AvgIpc) is 2.71. The number of hydrogen-bond acceptors (Lipinski definition) is 3. The van der Waals surface area contributed by atoms with Gasteiger partial charge in [-0.1, -0.05) is 43.0 Å². The van der Waals surface area contributed by atoms with Gasteiger partial charge in [-0.15, -0.1) is 0 Å². The van der Waals surface area contributed by atoms with E-state index in [0.29, 0.717) is 18.0 Å². The van der Waals surface area contributed by atoms with Gasteiger partial charge in [0.2, 0.25) is 5.91 Å². The van der Waals surface area contributed by atoms with Crippen LogP contribution >= 0.6 is 0 Å². The molecule has 0 aromatic heterocycles. The molecule has 144 valence electrons. The molecule has 0 radical (unpaired) electrons. The zero-order valence-corrected chi connectivity index (χ0v) is 16.5. The van der Waals surface area contributed by atoms with Crippen molar-refractivity contribution in [2.45, 2.75) is 19.8 Å². The molecule has 0 fully saturated rings. The van der Waals surface area contributed by atoms with Gasteiger partial charge in [-0.25, -0.2) is 0 Å². The molecule has 0 spiro atoms. The lowest BCUT2D eigenvalue weighted by molar-refractivity contribution is -0.117. The van der Waals surface area contributed by atoms with Gasteiger partial charge in [0.05, 0.1) is 18.7 Å². The fourth-order valence-corrected chi connectivity index (χ4v) is 2.93. The maximum atomic E-state index is 12.8. The molecule has 0 aliphatic rings. The van der Waals surface area contributed by atoms with Crippen molar-refractivity contribution < 1.29 is 14.3 Å². The first-order valence-electron chi connectivity index (χ1n) is 9.22. The fraction of sp³-hybridized carbons (Fsp3) is 0.208. The zero-order chi connectivity index (χ0) is 20.1. The number of anilines is 1. The number of hydrogen-bond donors (Lipinski definition) is 1. The smallest absolute Gasteiger partial charge is 0.231 e. The molecule has 0 unspecified atom stereocenters. The van der Waals surface area contributed by atoms with Crippen LogP contribution in [0.25, 0.3) is 10.8 Å². The van der Waals surface area contributed by atoms with Crippen LogP contribution in [0.1, 0.15) is 25.3 Å². The van der Waals surface area contributed by atoms with Crippen LogP contribution in [0.15, 0.2) is 72.8 Å². The van der Waals surface area contributed by atoms with Gasteiger partial charge in [0, 0.05) is 0 Å². The van der Waals surface area contributed by atoms with Gasteiger partial charge in [0.1, 0.15) is 18.1 Å². The molecular formula is C24H25NO3. The van der Waals surface area contributed by atoms with E-state index in [-0.39, 0.29) is 11.8 Å². The molecule has 0 heterocycles. The average molecular weight is 375 g/mol. The van der Waals surface area contributed by atoms with Gasteiger partial charge < -0.3 is 14.8 Å². The highest BCUT2D eigenvalue weighted by Gasteiger charge is 2.17. The Balaban J connectivity index is 1.78. The number of fused-ring (bicyclic) bond motifs is 1. The van der Waals surface area contributed by atoms with Crippen LogP contribution in [0, 0.1) is 0 Å². The van der Waals surface area contributed by atoms with E-state index >= 15 is 0 Å². The normalized spacial score (nSPS) is 11.7. The number of amides is 1. The standard InChI is InChI=1S/C24H25NO3/c1-16(2)15-28-23-8-6-5-7-22(23)25-24(26)17(3)18-9-10-20-14-21(27-4)12-11-19(20)13-18/h5-14,17H,1,15H2,2-4H3,(H,25,26)/t17-/m0/s1. The van der Waals surface area contributed by atoms with E-state index in [9.17, 15) is 4.79 Å². The molecule has 4 heteroatoms. The van der Waals surface area contributed by atoms with Crippen LogP contribution in [-0.4, -0.2) is 19.6 Å². The van der Waals surface area contributed by atoms with E-state index < -0.39 is 0 Å². The van der Waals surface area contributed by atoms with Crippen molar-refractivity contribution in [1.82, 2.24) is 0 Å². The molecule has 3 rings (SSSR count). The maximum Gasteiger partial charge on any atom is 0.231 e. The summed E-state index contributed by atoms with van der Waals surface area (Å²) in [6, 6.07) is 19.4. The van der Waals surface area contributed by atoms with Crippen LogP contribution in [0.3, 0.4) is 0 Å². The molecule has 0 saturated heterocycles. The van der Waals surface area contributed by atoms with E-state index in [4.69, 9.17) is 9.47 Å². The highest BCUT2D eigenvalue weighted by molar-refractivity contribution is 5.97. The molecule has 0 aliphatic heterocycles. The van der Waals surface area contributed by atoms with E-state index in [1.807, 2.05) is 74.5 Å². The van der Waals surface area contributed by atoms with Crippen LogP contribution in [0.2, 0.25) is 0 Å². The predicted molar refractivity (Wildman–Crippen MR) is 114 cm³/mol. The Morgan fingerprint density at radius 1 is 1.07 bits per heavy atom. The summed E-state index contributed by atoms with van der Waals surface area (Å²) < 4.78 is 11.0. The van der Waals surface area contributed by atoms with E-state index in [0.717, 1.165) is 27.7 Å². The molecule has 3 aromatic rings. The zero-order valence-electron chi connectivity index (χ0n) is 16.5. The first-order chi connectivity index (χ1) is 13.5. The number of methoxy groups -OCH3 is 1. The van der Waals surface area contributed by atoms with Gasteiger partial charge in [-0.3, -0.25) is 4.79 Å².